The predicted octanol–water partition coefficient (Wildman–Crippen LogP) is 4.77. The summed E-state index contributed by atoms with van der Waals surface area (Å²) in [5, 5.41) is 3.79. The van der Waals surface area contributed by atoms with Crippen molar-refractivity contribution >= 4 is 23.1 Å². The molecule has 0 aliphatic carbocycles. The van der Waals surface area contributed by atoms with Gasteiger partial charge in [-0.05, 0) is 49.2 Å². The van der Waals surface area contributed by atoms with Gasteiger partial charge in [-0.25, -0.2) is 0 Å². The Morgan fingerprint density at radius 3 is 2.25 bits per heavy atom. The Bertz CT molecular complexity index is 624. The lowest BCUT2D eigenvalue weighted by Gasteiger charge is -2.08. The first kappa shape index (κ1) is 14.4. The Hall–Kier alpha value is -2.06. The van der Waals surface area contributed by atoms with Crippen LogP contribution in [0.4, 0.5) is 5.69 Å². The molecular formula is C17H16ClNO. The third-order valence-electron chi connectivity index (χ3n) is 3.07. The highest BCUT2D eigenvalue weighted by atomic mass is 35.5. The number of carbonyl (C=O) groups excluding carboxylic acids is 1. The second kappa shape index (κ2) is 6.40. The number of halogens is 1. The molecule has 0 saturated carbocycles. The summed E-state index contributed by atoms with van der Waals surface area (Å²) < 4.78 is 0. The maximum atomic E-state index is 11.9. The van der Waals surface area contributed by atoms with E-state index in [4.69, 9.17) is 11.6 Å². The Labute approximate surface area is 124 Å². The number of ketones is 1. The highest BCUT2D eigenvalue weighted by Crippen LogP contribution is 2.19. The molecule has 0 fully saturated rings. The molecule has 102 valence electrons. The molecule has 2 aromatic carbocycles. The number of para-hydroxylation sites is 1. The van der Waals surface area contributed by atoms with Gasteiger partial charge < -0.3 is 5.32 Å². The topological polar surface area (TPSA) is 29.1 Å². The van der Waals surface area contributed by atoms with Crippen molar-refractivity contribution in [2.24, 2.45) is 0 Å². The van der Waals surface area contributed by atoms with Crippen molar-refractivity contribution in [1.29, 1.82) is 0 Å². The van der Waals surface area contributed by atoms with Crippen molar-refractivity contribution in [3.05, 3.63) is 76.5 Å². The smallest absolute Gasteiger partial charge is 0.187 e. The summed E-state index contributed by atoms with van der Waals surface area (Å²) in [4.78, 5) is 11.9. The van der Waals surface area contributed by atoms with Gasteiger partial charge >= 0.3 is 0 Å². The van der Waals surface area contributed by atoms with Gasteiger partial charge in [0.05, 0.1) is 0 Å². The molecule has 0 atom stereocenters. The van der Waals surface area contributed by atoms with Crippen LogP contribution in [-0.4, -0.2) is 5.78 Å². The van der Waals surface area contributed by atoms with Crippen LogP contribution in [0.15, 0.2) is 54.7 Å². The molecule has 0 spiro atoms. The van der Waals surface area contributed by atoms with E-state index in [1.165, 1.54) is 6.08 Å². The van der Waals surface area contributed by atoms with Crippen LogP contribution >= 0.6 is 11.6 Å². The second-order valence-corrected chi connectivity index (χ2v) is 5.05. The van der Waals surface area contributed by atoms with Crippen LogP contribution in [0.2, 0.25) is 5.02 Å². The maximum absolute atomic E-state index is 11.9. The minimum atomic E-state index is -0.0552. The number of benzene rings is 2. The molecule has 2 aromatic rings. The molecule has 0 radical (unpaired) electrons. The molecule has 0 aromatic heterocycles. The van der Waals surface area contributed by atoms with Crippen molar-refractivity contribution in [3.63, 3.8) is 0 Å². The van der Waals surface area contributed by atoms with Crippen LogP contribution in [0, 0.1) is 13.8 Å². The van der Waals surface area contributed by atoms with Crippen molar-refractivity contribution in [2.45, 2.75) is 13.8 Å². The van der Waals surface area contributed by atoms with Crippen LogP contribution in [0.3, 0.4) is 0 Å². The standard InChI is InChI=1S/C17H16ClNO/c1-12-4-3-5-13(2)17(12)19-11-10-16(20)14-6-8-15(18)9-7-14/h3-11,19H,1-2H3/b11-10+. The fourth-order valence-electron chi connectivity index (χ4n) is 1.95. The third kappa shape index (κ3) is 3.49. The summed E-state index contributed by atoms with van der Waals surface area (Å²) in [5.41, 5.74) is 3.95. The summed E-state index contributed by atoms with van der Waals surface area (Å²) in [6.07, 6.45) is 3.20. The summed E-state index contributed by atoms with van der Waals surface area (Å²) in [5.74, 6) is -0.0552. The van der Waals surface area contributed by atoms with Gasteiger partial charge in [-0.2, -0.15) is 0 Å². The molecule has 0 aliphatic heterocycles. The molecule has 2 rings (SSSR count). The lowest BCUT2D eigenvalue weighted by atomic mass is 10.1. The van der Waals surface area contributed by atoms with E-state index >= 15 is 0 Å². The van der Waals surface area contributed by atoms with Crippen LogP contribution in [0.25, 0.3) is 0 Å². The molecule has 20 heavy (non-hydrogen) atoms. The monoisotopic (exact) mass is 285 g/mol. The molecule has 0 amide bonds. The maximum Gasteiger partial charge on any atom is 0.187 e. The Morgan fingerprint density at radius 2 is 1.65 bits per heavy atom. The molecule has 0 saturated heterocycles. The molecule has 0 unspecified atom stereocenters. The number of allylic oxidation sites excluding steroid dienone is 1. The zero-order chi connectivity index (χ0) is 14.5. The molecule has 1 N–H and O–H groups in total. The van der Waals surface area contributed by atoms with Crippen molar-refractivity contribution < 1.29 is 4.79 Å². The van der Waals surface area contributed by atoms with E-state index in [-0.39, 0.29) is 5.78 Å². The van der Waals surface area contributed by atoms with Gasteiger partial charge in [-0.1, -0.05) is 29.8 Å². The molecule has 3 heteroatoms. The number of carbonyl (C=O) groups is 1. The van der Waals surface area contributed by atoms with E-state index in [9.17, 15) is 4.79 Å². The quantitative estimate of drug-likeness (QED) is 0.648. The van der Waals surface area contributed by atoms with Crippen LogP contribution in [0.5, 0.6) is 0 Å². The SMILES string of the molecule is Cc1cccc(C)c1N/C=C/C(=O)c1ccc(Cl)cc1. The van der Waals surface area contributed by atoms with Gasteiger partial charge in [-0.15, -0.1) is 0 Å². The number of rotatable bonds is 4. The van der Waals surface area contributed by atoms with E-state index in [1.807, 2.05) is 32.0 Å². The van der Waals surface area contributed by atoms with Gasteiger partial charge in [0.15, 0.2) is 5.78 Å². The van der Waals surface area contributed by atoms with E-state index in [0.29, 0.717) is 10.6 Å². The first-order chi connectivity index (χ1) is 9.58. The third-order valence-corrected chi connectivity index (χ3v) is 3.32. The fraction of sp³-hybridized carbons (Fsp3) is 0.118. The number of nitrogens with one attached hydrogen (secondary N) is 1. The van der Waals surface area contributed by atoms with E-state index < -0.39 is 0 Å². The normalized spacial score (nSPS) is 10.8. The predicted molar refractivity (Wildman–Crippen MR) is 84.5 cm³/mol. The Kier molecular flexibility index (Phi) is 4.59. The Morgan fingerprint density at radius 1 is 1.05 bits per heavy atom. The van der Waals surface area contributed by atoms with E-state index in [0.717, 1.165) is 16.8 Å². The summed E-state index contributed by atoms with van der Waals surface area (Å²) in [7, 11) is 0. The molecule has 0 aliphatic rings. The molecular weight excluding hydrogens is 270 g/mol. The number of hydrogen-bond donors (Lipinski definition) is 1. The lowest BCUT2D eigenvalue weighted by Crippen LogP contribution is -1.98. The minimum absolute atomic E-state index is 0.0552. The largest absolute Gasteiger partial charge is 0.361 e. The number of hydrogen-bond acceptors (Lipinski definition) is 2. The fourth-order valence-corrected chi connectivity index (χ4v) is 2.08. The van der Waals surface area contributed by atoms with Crippen molar-refractivity contribution in [3.8, 4) is 0 Å². The van der Waals surface area contributed by atoms with Gasteiger partial charge in [0, 0.05) is 28.5 Å². The minimum Gasteiger partial charge on any atom is -0.361 e. The molecule has 0 bridgehead atoms. The molecule has 0 heterocycles. The Balaban J connectivity index is 2.07. The average molecular weight is 286 g/mol. The zero-order valence-corrected chi connectivity index (χ0v) is 12.2. The summed E-state index contributed by atoms with van der Waals surface area (Å²) in [6.45, 7) is 4.06. The summed E-state index contributed by atoms with van der Waals surface area (Å²) in [6, 6.07) is 12.9. The molecule has 2 nitrogen and oxygen atoms in total. The van der Waals surface area contributed by atoms with Gasteiger partial charge in [0.1, 0.15) is 0 Å². The number of aryl methyl sites for hydroxylation is 2. The van der Waals surface area contributed by atoms with Crippen LogP contribution < -0.4 is 5.32 Å². The van der Waals surface area contributed by atoms with Crippen molar-refractivity contribution in [2.75, 3.05) is 5.32 Å². The summed E-state index contributed by atoms with van der Waals surface area (Å²) >= 11 is 5.79. The van der Waals surface area contributed by atoms with Gasteiger partial charge in [0.2, 0.25) is 0 Å². The van der Waals surface area contributed by atoms with Crippen LogP contribution in [-0.2, 0) is 0 Å². The highest BCUT2D eigenvalue weighted by molar-refractivity contribution is 6.30. The first-order valence-electron chi connectivity index (χ1n) is 6.37. The van der Waals surface area contributed by atoms with Gasteiger partial charge in [-0.3, -0.25) is 4.79 Å². The van der Waals surface area contributed by atoms with E-state index in [1.54, 1.807) is 30.5 Å². The average Bonchev–Trinajstić information content (AvgIpc) is 2.42. The van der Waals surface area contributed by atoms with Gasteiger partial charge in [0.25, 0.3) is 0 Å². The lowest BCUT2D eigenvalue weighted by molar-refractivity contribution is 0.104. The van der Waals surface area contributed by atoms with Crippen molar-refractivity contribution in [1.82, 2.24) is 0 Å². The van der Waals surface area contributed by atoms with Crippen LogP contribution in [0.1, 0.15) is 21.5 Å². The first-order valence-corrected chi connectivity index (χ1v) is 6.75. The second-order valence-electron chi connectivity index (χ2n) is 4.62. The highest BCUT2D eigenvalue weighted by Gasteiger charge is 2.02. The zero-order valence-electron chi connectivity index (χ0n) is 11.5. The van der Waals surface area contributed by atoms with E-state index in [2.05, 4.69) is 5.32 Å². The number of anilines is 1.